The maximum atomic E-state index is 13.6. The van der Waals surface area contributed by atoms with E-state index in [-0.39, 0.29) is 5.91 Å². The van der Waals surface area contributed by atoms with E-state index in [2.05, 4.69) is 35.6 Å². The van der Waals surface area contributed by atoms with Crippen molar-refractivity contribution < 1.29 is 18.7 Å². The van der Waals surface area contributed by atoms with E-state index in [1.165, 1.54) is 5.56 Å². The van der Waals surface area contributed by atoms with Gasteiger partial charge >= 0.3 is 0 Å². The molecule has 0 spiro atoms. The zero-order chi connectivity index (χ0) is 21.8. The molecule has 2 aliphatic heterocycles. The van der Waals surface area contributed by atoms with Gasteiger partial charge in [0.15, 0.2) is 0 Å². The lowest BCUT2D eigenvalue weighted by Gasteiger charge is -2.37. The van der Waals surface area contributed by atoms with Crippen LogP contribution in [0.15, 0.2) is 59.2 Å². The SMILES string of the molecule is O=C(NCC1CCCOC1)C1(Cc2ccccc2-c2coc3ccccc23)CCOCC1. The minimum atomic E-state index is -0.455. The van der Waals surface area contributed by atoms with E-state index in [1.54, 1.807) is 0 Å². The van der Waals surface area contributed by atoms with Crippen molar-refractivity contribution in [2.45, 2.75) is 32.1 Å². The van der Waals surface area contributed by atoms with Gasteiger partial charge in [-0.05, 0) is 55.2 Å². The first-order chi connectivity index (χ1) is 15.8. The summed E-state index contributed by atoms with van der Waals surface area (Å²) < 4.78 is 17.1. The molecule has 3 aromatic rings. The third-order valence-corrected chi connectivity index (χ3v) is 7.05. The average Bonchev–Trinajstić information content (AvgIpc) is 3.28. The van der Waals surface area contributed by atoms with Gasteiger partial charge in [0.2, 0.25) is 5.91 Å². The molecule has 0 radical (unpaired) electrons. The van der Waals surface area contributed by atoms with Gasteiger partial charge in [0, 0.05) is 37.3 Å². The zero-order valence-electron chi connectivity index (χ0n) is 18.5. The highest BCUT2D eigenvalue weighted by molar-refractivity contribution is 5.95. The fourth-order valence-electron chi connectivity index (χ4n) is 5.13. The van der Waals surface area contributed by atoms with E-state index in [4.69, 9.17) is 13.9 Å². The first kappa shape index (κ1) is 21.2. The molecule has 0 saturated carbocycles. The van der Waals surface area contributed by atoms with Crippen molar-refractivity contribution in [3.8, 4) is 11.1 Å². The highest BCUT2D eigenvalue weighted by Crippen LogP contribution is 2.39. The van der Waals surface area contributed by atoms with E-state index in [9.17, 15) is 4.79 Å². The highest BCUT2D eigenvalue weighted by atomic mass is 16.5. The normalized spacial score (nSPS) is 20.8. The number of carbonyl (C=O) groups excluding carboxylic acids is 1. The van der Waals surface area contributed by atoms with E-state index >= 15 is 0 Å². The summed E-state index contributed by atoms with van der Waals surface area (Å²) in [7, 11) is 0. The maximum absolute atomic E-state index is 13.6. The monoisotopic (exact) mass is 433 g/mol. The van der Waals surface area contributed by atoms with Crippen molar-refractivity contribution in [3.63, 3.8) is 0 Å². The minimum Gasteiger partial charge on any atom is -0.464 e. The Kier molecular flexibility index (Phi) is 6.28. The molecule has 5 nitrogen and oxygen atoms in total. The number of rotatable bonds is 6. The van der Waals surface area contributed by atoms with Gasteiger partial charge in [-0.15, -0.1) is 0 Å². The van der Waals surface area contributed by atoms with Gasteiger partial charge in [-0.25, -0.2) is 0 Å². The smallest absolute Gasteiger partial charge is 0.226 e. The summed E-state index contributed by atoms with van der Waals surface area (Å²) in [4.78, 5) is 13.6. The van der Waals surface area contributed by atoms with Crippen LogP contribution in [-0.4, -0.2) is 38.9 Å². The van der Waals surface area contributed by atoms with Crippen LogP contribution in [0.1, 0.15) is 31.2 Å². The number of furan rings is 1. The standard InChI is InChI=1S/C27H31NO4/c29-26(28-17-20-6-5-13-31-18-20)27(11-14-30-15-12-27)16-21-7-1-2-8-22(21)24-19-32-25-10-4-3-9-23(24)25/h1-4,7-10,19-20H,5-6,11-18H2,(H,28,29). The van der Waals surface area contributed by atoms with Crippen LogP contribution in [0.2, 0.25) is 0 Å². The summed E-state index contributed by atoms with van der Waals surface area (Å²) in [5.74, 6) is 0.562. The van der Waals surface area contributed by atoms with Gasteiger partial charge in [0.05, 0.1) is 18.3 Å². The third kappa shape index (κ3) is 4.32. The number of ether oxygens (including phenoxy) is 2. The first-order valence-electron chi connectivity index (χ1n) is 11.7. The molecule has 32 heavy (non-hydrogen) atoms. The maximum Gasteiger partial charge on any atom is 0.226 e. The summed E-state index contributed by atoms with van der Waals surface area (Å²) in [6, 6.07) is 16.5. The van der Waals surface area contributed by atoms with E-state index in [1.807, 2.05) is 24.5 Å². The topological polar surface area (TPSA) is 60.7 Å². The molecule has 1 unspecified atom stereocenters. The summed E-state index contributed by atoms with van der Waals surface area (Å²) in [5, 5.41) is 4.37. The van der Waals surface area contributed by atoms with Crippen LogP contribution in [0.5, 0.6) is 0 Å². The molecule has 1 aromatic heterocycles. The molecule has 2 saturated heterocycles. The molecule has 1 N–H and O–H groups in total. The third-order valence-electron chi connectivity index (χ3n) is 7.05. The zero-order valence-corrected chi connectivity index (χ0v) is 18.5. The number of para-hydroxylation sites is 1. The van der Waals surface area contributed by atoms with Crippen molar-refractivity contribution in [3.05, 3.63) is 60.4 Å². The Balaban J connectivity index is 1.41. The average molecular weight is 434 g/mol. The number of hydrogen-bond donors (Lipinski definition) is 1. The van der Waals surface area contributed by atoms with Crippen molar-refractivity contribution in [2.75, 3.05) is 33.0 Å². The second-order valence-electron chi connectivity index (χ2n) is 9.17. The summed E-state index contributed by atoms with van der Waals surface area (Å²) in [6.45, 7) is 3.51. The Labute approximate surface area is 189 Å². The number of fused-ring (bicyclic) bond motifs is 1. The molecule has 2 aromatic carbocycles. The van der Waals surface area contributed by atoms with Crippen LogP contribution in [0.25, 0.3) is 22.1 Å². The number of amides is 1. The number of hydrogen-bond acceptors (Lipinski definition) is 4. The molecule has 1 atom stereocenters. The second kappa shape index (κ2) is 9.47. The molecule has 5 rings (SSSR count). The van der Waals surface area contributed by atoms with Gasteiger partial charge in [-0.1, -0.05) is 42.5 Å². The Hall–Kier alpha value is -2.63. The molecular formula is C27H31NO4. The van der Waals surface area contributed by atoms with Gasteiger partial charge in [0.1, 0.15) is 5.58 Å². The molecule has 0 aliphatic carbocycles. The Morgan fingerprint density at radius 2 is 1.78 bits per heavy atom. The van der Waals surface area contributed by atoms with Crippen LogP contribution in [0.4, 0.5) is 0 Å². The van der Waals surface area contributed by atoms with Crippen molar-refractivity contribution in [2.24, 2.45) is 11.3 Å². The highest BCUT2D eigenvalue weighted by Gasteiger charge is 2.40. The van der Waals surface area contributed by atoms with Gasteiger partial charge < -0.3 is 19.2 Å². The lowest BCUT2D eigenvalue weighted by Crippen LogP contribution is -2.47. The molecule has 3 heterocycles. The molecular weight excluding hydrogens is 402 g/mol. The Morgan fingerprint density at radius 1 is 0.969 bits per heavy atom. The molecule has 2 aliphatic rings. The molecule has 1 amide bonds. The van der Waals surface area contributed by atoms with Crippen molar-refractivity contribution >= 4 is 16.9 Å². The largest absolute Gasteiger partial charge is 0.464 e. The molecule has 168 valence electrons. The molecule has 2 fully saturated rings. The first-order valence-corrected chi connectivity index (χ1v) is 11.7. The predicted octanol–water partition coefficient (Wildman–Crippen LogP) is 4.98. The van der Waals surface area contributed by atoms with Crippen LogP contribution in [-0.2, 0) is 20.7 Å². The van der Waals surface area contributed by atoms with Crippen LogP contribution in [0.3, 0.4) is 0 Å². The van der Waals surface area contributed by atoms with Crippen LogP contribution >= 0.6 is 0 Å². The number of nitrogens with one attached hydrogen (secondary N) is 1. The Morgan fingerprint density at radius 3 is 2.62 bits per heavy atom. The van der Waals surface area contributed by atoms with Gasteiger partial charge in [-0.3, -0.25) is 4.79 Å². The molecule has 0 bridgehead atoms. The summed E-state index contributed by atoms with van der Waals surface area (Å²) in [5.41, 5.74) is 3.82. The quantitative estimate of drug-likeness (QED) is 0.595. The minimum absolute atomic E-state index is 0.151. The molecule has 5 heteroatoms. The number of benzene rings is 2. The van der Waals surface area contributed by atoms with Crippen LogP contribution in [0, 0.1) is 11.3 Å². The van der Waals surface area contributed by atoms with Crippen molar-refractivity contribution in [1.29, 1.82) is 0 Å². The summed E-state index contributed by atoms with van der Waals surface area (Å²) >= 11 is 0. The predicted molar refractivity (Wildman–Crippen MR) is 124 cm³/mol. The fraction of sp³-hybridized carbons (Fsp3) is 0.444. The lowest BCUT2D eigenvalue weighted by atomic mass is 9.73. The van der Waals surface area contributed by atoms with E-state index < -0.39 is 5.41 Å². The van der Waals surface area contributed by atoms with E-state index in [0.29, 0.717) is 32.1 Å². The Bertz CT molecular complexity index is 1060. The fourth-order valence-corrected chi connectivity index (χ4v) is 5.13. The summed E-state index contributed by atoms with van der Waals surface area (Å²) in [6.07, 6.45) is 6.20. The lowest BCUT2D eigenvalue weighted by molar-refractivity contribution is -0.137. The number of carbonyl (C=O) groups is 1. The van der Waals surface area contributed by atoms with Crippen LogP contribution < -0.4 is 5.32 Å². The second-order valence-corrected chi connectivity index (χ2v) is 9.17. The van der Waals surface area contributed by atoms with Crippen molar-refractivity contribution in [1.82, 2.24) is 5.32 Å². The van der Waals surface area contributed by atoms with Gasteiger partial charge in [-0.2, -0.15) is 0 Å². The van der Waals surface area contributed by atoms with Gasteiger partial charge in [0.25, 0.3) is 0 Å². The van der Waals surface area contributed by atoms with E-state index in [0.717, 1.165) is 61.0 Å².